The van der Waals surface area contributed by atoms with Crippen molar-refractivity contribution in [3.8, 4) is 0 Å². The summed E-state index contributed by atoms with van der Waals surface area (Å²) in [6.07, 6.45) is 5.83. The zero-order chi connectivity index (χ0) is 15.0. The molecule has 0 saturated heterocycles. The quantitative estimate of drug-likeness (QED) is 0.903. The van der Waals surface area contributed by atoms with Gasteiger partial charge < -0.3 is 9.88 Å². The second kappa shape index (κ2) is 5.45. The van der Waals surface area contributed by atoms with Gasteiger partial charge in [-0.05, 0) is 49.8 Å². The summed E-state index contributed by atoms with van der Waals surface area (Å²) >= 11 is 0. The summed E-state index contributed by atoms with van der Waals surface area (Å²) in [6.45, 7) is 7.13. The Morgan fingerprint density at radius 3 is 2.67 bits per heavy atom. The van der Waals surface area contributed by atoms with Crippen molar-refractivity contribution in [3.05, 3.63) is 30.6 Å². The zero-order valence-corrected chi connectivity index (χ0v) is 13.6. The maximum atomic E-state index is 4.58. The van der Waals surface area contributed by atoms with Gasteiger partial charge in [0.25, 0.3) is 0 Å². The van der Waals surface area contributed by atoms with Gasteiger partial charge >= 0.3 is 0 Å². The number of nitrogens with one attached hydrogen (secondary N) is 1. The highest BCUT2D eigenvalue weighted by atomic mass is 15.1. The lowest BCUT2D eigenvalue weighted by Gasteiger charge is -2.42. The molecule has 1 aliphatic carbocycles. The van der Waals surface area contributed by atoms with Gasteiger partial charge in [-0.3, -0.25) is 0 Å². The number of para-hydroxylation sites is 2. The van der Waals surface area contributed by atoms with E-state index in [2.05, 4.69) is 67.0 Å². The third-order valence-electron chi connectivity index (χ3n) is 5.25. The SMILES string of the molecule is CNC1CCC(C(C)(C)C)CC1n1cnc2ccccc21. The van der Waals surface area contributed by atoms with E-state index in [1.807, 2.05) is 6.33 Å². The summed E-state index contributed by atoms with van der Waals surface area (Å²) in [5.74, 6) is 0.772. The normalized spacial score (nSPS) is 27.1. The Morgan fingerprint density at radius 2 is 1.95 bits per heavy atom. The molecule has 3 unspecified atom stereocenters. The summed E-state index contributed by atoms with van der Waals surface area (Å²) in [6, 6.07) is 9.51. The molecule has 1 N–H and O–H groups in total. The minimum Gasteiger partial charge on any atom is -0.326 e. The Morgan fingerprint density at radius 1 is 1.19 bits per heavy atom. The number of benzene rings is 1. The molecular formula is C18H27N3. The van der Waals surface area contributed by atoms with Gasteiger partial charge in [-0.2, -0.15) is 0 Å². The van der Waals surface area contributed by atoms with Crippen LogP contribution in [0.4, 0.5) is 0 Å². The van der Waals surface area contributed by atoms with Gasteiger partial charge in [0, 0.05) is 6.04 Å². The summed E-state index contributed by atoms with van der Waals surface area (Å²) in [5.41, 5.74) is 2.75. The third kappa shape index (κ3) is 2.71. The first-order valence-electron chi connectivity index (χ1n) is 8.09. The van der Waals surface area contributed by atoms with Crippen molar-refractivity contribution >= 4 is 11.0 Å². The first-order valence-corrected chi connectivity index (χ1v) is 8.09. The molecule has 21 heavy (non-hydrogen) atoms. The van der Waals surface area contributed by atoms with Crippen molar-refractivity contribution in [1.29, 1.82) is 0 Å². The first kappa shape index (κ1) is 14.6. The van der Waals surface area contributed by atoms with Crippen LogP contribution in [0, 0.1) is 11.3 Å². The molecule has 2 aromatic rings. The largest absolute Gasteiger partial charge is 0.326 e. The van der Waals surface area contributed by atoms with Crippen LogP contribution in [0.25, 0.3) is 11.0 Å². The van der Waals surface area contributed by atoms with Gasteiger partial charge in [-0.25, -0.2) is 4.98 Å². The lowest BCUT2D eigenvalue weighted by atomic mass is 9.69. The van der Waals surface area contributed by atoms with Crippen LogP contribution in [0.5, 0.6) is 0 Å². The number of likely N-dealkylation sites (N-methyl/N-ethyl adjacent to an activating group) is 1. The number of hydrogen-bond acceptors (Lipinski definition) is 2. The van der Waals surface area contributed by atoms with Gasteiger partial charge in [0.2, 0.25) is 0 Å². The number of aromatic nitrogens is 2. The highest BCUT2D eigenvalue weighted by Crippen LogP contribution is 2.42. The van der Waals surface area contributed by atoms with Crippen LogP contribution in [0.3, 0.4) is 0 Å². The zero-order valence-electron chi connectivity index (χ0n) is 13.6. The Hall–Kier alpha value is -1.35. The molecule has 0 radical (unpaired) electrons. The standard InChI is InChI=1S/C18H27N3/c1-18(2,3)13-9-10-14(19-4)17(11-13)21-12-20-15-7-5-6-8-16(15)21/h5-8,12-14,17,19H,9-11H2,1-4H3. The number of fused-ring (bicyclic) bond motifs is 1. The molecule has 1 saturated carbocycles. The van der Waals surface area contributed by atoms with Crippen LogP contribution < -0.4 is 5.32 Å². The van der Waals surface area contributed by atoms with E-state index >= 15 is 0 Å². The molecule has 0 amide bonds. The van der Waals surface area contributed by atoms with Gasteiger partial charge in [0.1, 0.15) is 0 Å². The van der Waals surface area contributed by atoms with Crippen LogP contribution in [0.15, 0.2) is 30.6 Å². The van der Waals surface area contributed by atoms with Crippen LogP contribution in [-0.2, 0) is 0 Å². The van der Waals surface area contributed by atoms with E-state index in [9.17, 15) is 0 Å². The van der Waals surface area contributed by atoms with Crippen molar-refractivity contribution in [2.45, 2.75) is 52.1 Å². The van der Waals surface area contributed by atoms with Crippen LogP contribution in [0.1, 0.15) is 46.1 Å². The van der Waals surface area contributed by atoms with Gasteiger partial charge in [-0.1, -0.05) is 32.9 Å². The molecule has 1 heterocycles. The van der Waals surface area contributed by atoms with E-state index in [1.165, 1.54) is 24.8 Å². The molecule has 0 aliphatic heterocycles. The first-order chi connectivity index (χ1) is 10.0. The van der Waals surface area contributed by atoms with Crippen molar-refractivity contribution in [1.82, 2.24) is 14.9 Å². The fraction of sp³-hybridized carbons (Fsp3) is 0.611. The van der Waals surface area contributed by atoms with E-state index < -0.39 is 0 Å². The van der Waals surface area contributed by atoms with E-state index in [0.29, 0.717) is 17.5 Å². The summed E-state index contributed by atoms with van der Waals surface area (Å²) in [5, 5.41) is 3.53. The van der Waals surface area contributed by atoms with Crippen molar-refractivity contribution in [2.24, 2.45) is 11.3 Å². The smallest absolute Gasteiger partial charge is 0.0961 e. The Bertz CT molecular complexity index is 608. The lowest BCUT2D eigenvalue weighted by molar-refractivity contribution is 0.122. The number of imidazole rings is 1. The third-order valence-corrected chi connectivity index (χ3v) is 5.25. The number of rotatable bonds is 2. The summed E-state index contributed by atoms with van der Waals surface area (Å²) < 4.78 is 2.40. The average Bonchev–Trinajstić information content (AvgIpc) is 2.89. The van der Waals surface area contributed by atoms with Gasteiger partial charge in [0.15, 0.2) is 0 Å². The Kier molecular flexibility index (Phi) is 3.78. The fourth-order valence-corrected chi connectivity index (χ4v) is 3.82. The van der Waals surface area contributed by atoms with E-state index in [1.54, 1.807) is 0 Å². The van der Waals surface area contributed by atoms with E-state index in [-0.39, 0.29) is 0 Å². The van der Waals surface area contributed by atoms with Crippen molar-refractivity contribution < 1.29 is 0 Å². The maximum absolute atomic E-state index is 4.58. The minimum atomic E-state index is 0.382. The van der Waals surface area contributed by atoms with Crippen molar-refractivity contribution in [3.63, 3.8) is 0 Å². The van der Waals surface area contributed by atoms with Crippen LogP contribution in [0.2, 0.25) is 0 Å². The summed E-state index contributed by atoms with van der Waals surface area (Å²) in [4.78, 5) is 4.58. The molecule has 1 aromatic heterocycles. The number of nitrogens with zero attached hydrogens (tertiary/aromatic N) is 2. The second-order valence-corrected chi connectivity index (χ2v) is 7.48. The molecule has 1 fully saturated rings. The fourth-order valence-electron chi connectivity index (χ4n) is 3.82. The Labute approximate surface area is 127 Å². The molecule has 1 aliphatic rings. The molecule has 0 spiro atoms. The van der Waals surface area contributed by atoms with Crippen molar-refractivity contribution in [2.75, 3.05) is 7.05 Å². The highest BCUT2D eigenvalue weighted by Gasteiger charge is 2.36. The average molecular weight is 285 g/mol. The van der Waals surface area contributed by atoms with Crippen LogP contribution in [-0.4, -0.2) is 22.6 Å². The monoisotopic (exact) mass is 285 g/mol. The van der Waals surface area contributed by atoms with E-state index in [4.69, 9.17) is 0 Å². The summed E-state index contributed by atoms with van der Waals surface area (Å²) in [7, 11) is 2.09. The predicted octanol–water partition coefficient (Wildman–Crippen LogP) is 4.01. The molecule has 3 nitrogen and oxygen atoms in total. The highest BCUT2D eigenvalue weighted by molar-refractivity contribution is 5.75. The molecule has 0 bridgehead atoms. The predicted molar refractivity (Wildman–Crippen MR) is 88.4 cm³/mol. The topological polar surface area (TPSA) is 29.9 Å². The molecule has 3 atom stereocenters. The van der Waals surface area contributed by atoms with Gasteiger partial charge in [-0.15, -0.1) is 0 Å². The van der Waals surface area contributed by atoms with Crippen LogP contribution >= 0.6 is 0 Å². The molecule has 1 aromatic carbocycles. The van der Waals surface area contributed by atoms with E-state index in [0.717, 1.165) is 11.4 Å². The second-order valence-electron chi connectivity index (χ2n) is 7.48. The van der Waals surface area contributed by atoms with Gasteiger partial charge in [0.05, 0.1) is 23.4 Å². The Balaban J connectivity index is 1.96. The molecule has 114 valence electrons. The minimum absolute atomic E-state index is 0.382. The number of hydrogen-bond donors (Lipinski definition) is 1. The molecule has 3 rings (SSSR count). The maximum Gasteiger partial charge on any atom is 0.0961 e. The molecule has 3 heteroatoms. The lowest BCUT2D eigenvalue weighted by Crippen LogP contribution is -2.42. The molecular weight excluding hydrogens is 258 g/mol.